The summed E-state index contributed by atoms with van der Waals surface area (Å²) in [5.41, 5.74) is 2.32. The van der Waals surface area contributed by atoms with Gasteiger partial charge in [0.1, 0.15) is 12.7 Å². The van der Waals surface area contributed by atoms with Crippen LogP contribution in [0.1, 0.15) is 29.5 Å². The van der Waals surface area contributed by atoms with E-state index in [1.54, 1.807) is 42.2 Å². The molecule has 0 aliphatic heterocycles. The Hall–Kier alpha value is -3.10. The van der Waals surface area contributed by atoms with Crippen molar-refractivity contribution in [2.75, 3.05) is 0 Å². The number of carbonyl (C=O) groups is 1. The lowest BCUT2D eigenvalue weighted by Gasteiger charge is -2.13. The van der Waals surface area contributed by atoms with Gasteiger partial charge in [-0.15, -0.1) is 0 Å². The first kappa shape index (κ1) is 17.7. The van der Waals surface area contributed by atoms with E-state index in [4.69, 9.17) is 0 Å². The molecule has 0 saturated carbocycles. The molecule has 3 rings (SSSR count). The number of aromatic nitrogens is 5. The summed E-state index contributed by atoms with van der Waals surface area (Å²) in [4.78, 5) is 16.2. The molecule has 0 aliphatic carbocycles. The minimum Gasteiger partial charge on any atom is -0.348 e. The number of benzene rings is 1. The molecule has 0 bridgehead atoms. The molecule has 1 N–H and O–H groups in total. The molecule has 0 spiro atoms. The Kier molecular flexibility index (Phi) is 5.06. The number of alkyl halides is 2. The number of carbonyl (C=O) groups excluding carboxylic acids is 1. The van der Waals surface area contributed by atoms with Gasteiger partial charge in [-0.2, -0.15) is 19.0 Å². The highest BCUT2D eigenvalue weighted by molar-refractivity contribution is 5.94. The van der Waals surface area contributed by atoms with E-state index < -0.39 is 6.55 Å². The van der Waals surface area contributed by atoms with Crippen molar-refractivity contribution in [3.63, 3.8) is 0 Å². The number of rotatable bonds is 6. The topological polar surface area (TPSA) is 77.6 Å². The second-order valence-corrected chi connectivity index (χ2v) is 5.96. The van der Waals surface area contributed by atoms with E-state index in [9.17, 15) is 13.6 Å². The van der Waals surface area contributed by atoms with Gasteiger partial charge in [0.2, 0.25) is 0 Å². The third-order valence-electron chi connectivity index (χ3n) is 3.88. The molecule has 136 valence electrons. The molecule has 1 amide bonds. The molecule has 0 radical (unpaired) electrons. The van der Waals surface area contributed by atoms with Crippen LogP contribution in [0.4, 0.5) is 8.78 Å². The molecule has 1 atom stereocenters. The number of halogens is 2. The Labute approximate surface area is 148 Å². The predicted octanol–water partition coefficient (Wildman–Crippen LogP) is 2.66. The zero-order chi connectivity index (χ0) is 18.7. The molecule has 2 heterocycles. The lowest BCUT2D eigenvalue weighted by molar-refractivity contribution is 0.0563. The molecule has 0 aliphatic rings. The Morgan fingerprint density at radius 3 is 2.58 bits per heavy atom. The van der Waals surface area contributed by atoms with Crippen molar-refractivity contribution in [1.82, 2.24) is 29.9 Å². The predicted molar refractivity (Wildman–Crippen MR) is 90.6 cm³/mol. The van der Waals surface area contributed by atoms with E-state index in [2.05, 4.69) is 20.5 Å². The minimum atomic E-state index is -2.68. The van der Waals surface area contributed by atoms with Gasteiger partial charge in [-0.05, 0) is 31.5 Å². The number of aryl methyl sites for hydroxylation is 1. The van der Waals surface area contributed by atoms with Crippen LogP contribution in [0.15, 0.2) is 43.1 Å². The van der Waals surface area contributed by atoms with Crippen LogP contribution >= 0.6 is 0 Å². The fraction of sp³-hybridized carbons (Fsp3) is 0.294. The summed E-state index contributed by atoms with van der Waals surface area (Å²) in [6.45, 7) is 1.37. The van der Waals surface area contributed by atoms with Crippen LogP contribution in [0.25, 0.3) is 11.1 Å². The van der Waals surface area contributed by atoms with Crippen LogP contribution in [0.3, 0.4) is 0 Å². The van der Waals surface area contributed by atoms with Crippen LogP contribution < -0.4 is 5.32 Å². The highest BCUT2D eigenvalue weighted by Gasteiger charge is 2.14. The van der Waals surface area contributed by atoms with Crippen molar-refractivity contribution in [2.45, 2.75) is 33.0 Å². The standard InChI is InChI=1S/C17H18F2N6O/c1-11(7-24-10-20-9-21-24)22-16(26)14-5-3-13(4-6-14)15-8-25(17(18)19)23-12(15)2/h3-6,8-11,17H,7H2,1-2H3,(H,22,26)/t11-/m1/s1. The average Bonchev–Trinajstić information content (AvgIpc) is 3.24. The molecule has 26 heavy (non-hydrogen) atoms. The summed E-state index contributed by atoms with van der Waals surface area (Å²) in [6, 6.07) is 6.63. The van der Waals surface area contributed by atoms with Crippen molar-refractivity contribution in [2.24, 2.45) is 0 Å². The maximum Gasteiger partial charge on any atom is 0.333 e. The molecule has 0 fully saturated rings. The maximum absolute atomic E-state index is 12.7. The van der Waals surface area contributed by atoms with E-state index in [-0.39, 0.29) is 11.9 Å². The second kappa shape index (κ2) is 7.42. The fourth-order valence-electron chi connectivity index (χ4n) is 2.63. The van der Waals surface area contributed by atoms with Crippen molar-refractivity contribution < 1.29 is 13.6 Å². The number of amides is 1. The van der Waals surface area contributed by atoms with E-state index in [0.717, 1.165) is 5.56 Å². The average molecular weight is 360 g/mol. The molecule has 0 saturated heterocycles. The second-order valence-electron chi connectivity index (χ2n) is 5.96. The molecular weight excluding hydrogens is 342 g/mol. The number of hydrogen-bond acceptors (Lipinski definition) is 4. The first-order chi connectivity index (χ1) is 12.4. The highest BCUT2D eigenvalue weighted by Crippen LogP contribution is 2.25. The van der Waals surface area contributed by atoms with Crippen molar-refractivity contribution in [3.8, 4) is 11.1 Å². The van der Waals surface area contributed by atoms with Gasteiger partial charge in [0, 0.05) is 23.4 Å². The van der Waals surface area contributed by atoms with Crippen LogP contribution in [0, 0.1) is 6.92 Å². The fourth-order valence-corrected chi connectivity index (χ4v) is 2.63. The molecule has 0 unspecified atom stereocenters. The number of nitrogens with one attached hydrogen (secondary N) is 1. The quantitative estimate of drug-likeness (QED) is 0.733. The smallest absolute Gasteiger partial charge is 0.333 e. The molecule has 1 aromatic carbocycles. The summed E-state index contributed by atoms with van der Waals surface area (Å²) in [5.74, 6) is -0.218. The Bertz CT molecular complexity index is 873. The van der Waals surface area contributed by atoms with Crippen LogP contribution in [0.5, 0.6) is 0 Å². The first-order valence-electron chi connectivity index (χ1n) is 8.01. The normalized spacial score (nSPS) is 12.3. The van der Waals surface area contributed by atoms with E-state index >= 15 is 0 Å². The Balaban J connectivity index is 1.68. The molecule has 7 nitrogen and oxygen atoms in total. The summed E-state index contributed by atoms with van der Waals surface area (Å²) < 4.78 is 27.7. The molecule has 9 heteroatoms. The van der Waals surface area contributed by atoms with Gasteiger partial charge in [0.25, 0.3) is 5.91 Å². The summed E-state index contributed by atoms with van der Waals surface area (Å²) >= 11 is 0. The number of nitrogens with zero attached hydrogens (tertiary/aromatic N) is 5. The monoisotopic (exact) mass is 360 g/mol. The van der Waals surface area contributed by atoms with E-state index in [1.165, 1.54) is 12.5 Å². The largest absolute Gasteiger partial charge is 0.348 e. The first-order valence-corrected chi connectivity index (χ1v) is 8.01. The number of hydrogen-bond donors (Lipinski definition) is 1. The zero-order valence-corrected chi connectivity index (χ0v) is 14.3. The molecule has 3 aromatic rings. The maximum atomic E-state index is 12.7. The summed E-state index contributed by atoms with van der Waals surface area (Å²) in [6.07, 6.45) is 4.32. The lowest BCUT2D eigenvalue weighted by atomic mass is 10.0. The van der Waals surface area contributed by atoms with Crippen LogP contribution in [0.2, 0.25) is 0 Å². The van der Waals surface area contributed by atoms with Crippen molar-refractivity contribution in [1.29, 1.82) is 0 Å². The van der Waals surface area contributed by atoms with Gasteiger partial charge < -0.3 is 5.32 Å². The van der Waals surface area contributed by atoms with Crippen LogP contribution in [-0.4, -0.2) is 36.5 Å². The van der Waals surface area contributed by atoms with Gasteiger partial charge in [0.05, 0.1) is 12.2 Å². The Morgan fingerprint density at radius 2 is 2.00 bits per heavy atom. The zero-order valence-electron chi connectivity index (χ0n) is 14.3. The molecular formula is C17H18F2N6O. The Morgan fingerprint density at radius 1 is 1.27 bits per heavy atom. The molecule has 2 aromatic heterocycles. The van der Waals surface area contributed by atoms with Gasteiger partial charge in [-0.1, -0.05) is 12.1 Å². The summed E-state index contributed by atoms with van der Waals surface area (Å²) in [7, 11) is 0. The van der Waals surface area contributed by atoms with Gasteiger partial charge in [0.15, 0.2) is 0 Å². The third kappa shape index (κ3) is 3.93. The van der Waals surface area contributed by atoms with E-state index in [0.29, 0.717) is 28.0 Å². The van der Waals surface area contributed by atoms with Gasteiger partial charge in [-0.25, -0.2) is 9.67 Å². The van der Waals surface area contributed by atoms with Crippen molar-refractivity contribution in [3.05, 3.63) is 54.4 Å². The van der Waals surface area contributed by atoms with Gasteiger partial charge >= 0.3 is 6.55 Å². The lowest BCUT2D eigenvalue weighted by Crippen LogP contribution is -2.35. The minimum absolute atomic E-state index is 0.129. The third-order valence-corrected chi connectivity index (χ3v) is 3.88. The summed E-state index contributed by atoms with van der Waals surface area (Å²) in [5, 5.41) is 10.7. The van der Waals surface area contributed by atoms with E-state index in [1.807, 2.05) is 6.92 Å². The SMILES string of the molecule is Cc1nn(C(F)F)cc1-c1ccc(C(=O)N[C@H](C)Cn2cncn2)cc1. The van der Waals surface area contributed by atoms with Crippen molar-refractivity contribution >= 4 is 5.91 Å². The van der Waals surface area contributed by atoms with Crippen LogP contribution in [-0.2, 0) is 6.54 Å². The van der Waals surface area contributed by atoms with Gasteiger partial charge in [-0.3, -0.25) is 9.48 Å². The highest BCUT2D eigenvalue weighted by atomic mass is 19.3.